The third-order valence-electron chi connectivity index (χ3n) is 10.5. The van der Waals surface area contributed by atoms with Crippen molar-refractivity contribution in [3.8, 4) is 0 Å². The highest BCUT2D eigenvalue weighted by atomic mass is 16.5. The van der Waals surface area contributed by atoms with E-state index in [9.17, 15) is 14.4 Å². The largest absolute Gasteiger partial charge is 0.354 e. The van der Waals surface area contributed by atoms with Crippen molar-refractivity contribution in [1.29, 1.82) is 0 Å². The molecule has 2 bridgehead atoms. The number of benzene rings is 1. The molecule has 0 N–H and O–H groups in total. The zero-order valence-electron chi connectivity index (χ0n) is 20.8. The summed E-state index contributed by atoms with van der Waals surface area (Å²) in [5, 5.41) is 0. The lowest BCUT2D eigenvalue weighted by Crippen LogP contribution is -2.81. The fourth-order valence-electron chi connectivity index (χ4n) is 8.70. The van der Waals surface area contributed by atoms with E-state index >= 15 is 0 Å². The molecule has 1 aromatic carbocycles. The van der Waals surface area contributed by atoms with Gasteiger partial charge in [-0.05, 0) is 30.7 Å². The molecule has 1 unspecified atom stereocenters. The van der Waals surface area contributed by atoms with Gasteiger partial charge in [0.25, 0.3) is 0 Å². The number of ether oxygens (including phenoxy) is 1. The highest BCUT2D eigenvalue weighted by Gasteiger charge is 2.82. The van der Waals surface area contributed by atoms with Crippen molar-refractivity contribution in [1.82, 2.24) is 14.7 Å². The summed E-state index contributed by atoms with van der Waals surface area (Å²) in [6.07, 6.45) is 2.78. The van der Waals surface area contributed by atoms with Crippen molar-refractivity contribution in [3.63, 3.8) is 0 Å². The molecular formula is C27H35N3O4. The van der Waals surface area contributed by atoms with Gasteiger partial charge in [-0.1, -0.05) is 51.1 Å². The number of hydrogen-bond donors (Lipinski definition) is 0. The summed E-state index contributed by atoms with van der Waals surface area (Å²) >= 11 is 0. The molecule has 5 aliphatic heterocycles. The topological polar surface area (TPSA) is 70.2 Å². The Balaban J connectivity index is 1.40. The standard InChI is InChI=1S/C27H35N3O4/c1-17-13-19(31)30-21-24(2,3)25(16-26(21)11-12-27(17,30)23(33)29(26)5)14-20(28(4)22(25)32)34-15-18-9-7-6-8-10-18/h6-10,17,20-21H,11-16H2,1-5H3/t17-,20+,21?,25-,26+,27+/m0/s1. The number of nitrogens with zero attached hydrogens (tertiary/aromatic N) is 3. The van der Waals surface area contributed by atoms with Crippen molar-refractivity contribution < 1.29 is 19.1 Å². The number of piperazine rings is 1. The zero-order chi connectivity index (χ0) is 24.3. The van der Waals surface area contributed by atoms with Gasteiger partial charge in [0.1, 0.15) is 11.8 Å². The molecule has 7 rings (SSSR count). The molecule has 1 aliphatic carbocycles. The van der Waals surface area contributed by atoms with Crippen LogP contribution >= 0.6 is 0 Å². The number of carbonyl (C=O) groups is 3. The van der Waals surface area contributed by atoms with Crippen LogP contribution in [-0.4, -0.2) is 69.9 Å². The molecule has 5 heterocycles. The van der Waals surface area contributed by atoms with Crippen molar-refractivity contribution in [2.75, 3.05) is 14.1 Å². The van der Waals surface area contributed by atoms with Crippen LogP contribution in [0.3, 0.4) is 0 Å². The number of rotatable bonds is 3. The number of hydrogen-bond acceptors (Lipinski definition) is 4. The van der Waals surface area contributed by atoms with E-state index in [0.717, 1.165) is 12.0 Å². The lowest BCUT2D eigenvalue weighted by molar-refractivity contribution is -0.196. The number of piperidine rings is 2. The van der Waals surface area contributed by atoms with Gasteiger partial charge in [-0.3, -0.25) is 14.4 Å². The minimum Gasteiger partial charge on any atom is -0.354 e. The maximum absolute atomic E-state index is 14.0. The summed E-state index contributed by atoms with van der Waals surface area (Å²) in [4.78, 5) is 46.9. The van der Waals surface area contributed by atoms with E-state index in [0.29, 0.717) is 32.3 Å². The summed E-state index contributed by atoms with van der Waals surface area (Å²) < 4.78 is 6.30. The Morgan fingerprint density at radius 3 is 2.44 bits per heavy atom. The molecule has 7 heteroatoms. The second kappa shape index (κ2) is 6.62. The summed E-state index contributed by atoms with van der Waals surface area (Å²) in [6, 6.07) is 9.84. The highest BCUT2D eigenvalue weighted by molar-refractivity contribution is 5.99. The molecule has 1 saturated carbocycles. The van der Waals surface area contributed by atoms with E-state index in [4.69, 9.17) is 4.74 Å². The molecule has 7 nitrogen and oxygen atoms in total. The molecule has 0 radical (unpaired) electrons. The minimum atomic E-state index is -0.752. The third kappa shape index (κ3) is 2.25. The predicted octanol–water partition coefficient (Wildman–Crippen LogP) is 2.79. The summed E-state index contributed by atoms with van der Waals surface area (Å²) in [6.45, 7) is 6.79. The monoisotopic (exact) mass is 465 g/mol. The summed E-state index contributed by atoms with van der Waals surface area (Å²) in [5.74, 6) is 0.211. The van der Waals surface area contributed by atoms with E-state index in [1.54, 1.807) is 4.90 Å². The van der Waals surface area contributed by atoms with E-state index in [1.165, 1.54) is 0 Å². The average molecular weight is 466 g/mol. The number of likely N-dealkylation sites (tertiary alicyclic amines) is 1. The van der Waals surface area contributed by atoms with E-state index in [1.807, 2.05) is 61.2 Å². The van der Waals surface area contributed by atoms with Crippen molar-refractivity contribution in [2.24, 2.45) is 16.7 Å². The van der Waals surface area contributed by atoms with Gasteiger partial charge in [0.15, 0.2) is 0 Å². The van der Waals surface area contributed by atoms with Crippen LogP contribution in [-0.2, 0) is 25.7 Å². The maximum atomic E-state index is 14.0. The van der Waals surface area contributed by atoms with Gasteiger partial charge in [0.2, 0.25) is 17.7 Å². The van der Waals surface area contributed by atoms with Crippen LogP contribution in [0.25, 0.3) is 0 Å². The first-order chi connectivity index (χ1) is 16.0. The van der Waals surface area contributed by atoms with Crippen molar-refractivity contribution >= 4 is 17.7 Å². The molecule has 6 atom stereocenters. The van der Waals surface area contributed by atoms with Gasteiger partial charge < -0.3 is 19.4 Å². The Labute approximate surface area is 201 Å². The fourth-order valence-corrected chi connectivity index (χ4v) is 8.70. The van der Waals surface area contributed by atoms with Crippen LogP contribution in [0.1, 0.15) is 58.4 Å². The van der Waals surface area contributed by atoms with Crippen LogP contribution in [0, 0.1) is 16.7 Å². The maximum Gasteiger partial charge on any atom is 0.249 e. The molecule has 5 saturated heterocycles. The molecule has 3 amide bonds. The fraction of sp³-hybridized carbons (Fsp3) is 0.667. The first-order valence-corrected chi connectivity index (χ1v) is 12.6. The van der Waals surface area contributed by atoms with Gasteiger partial charge in [-0.2, -0.15) is 0 Å². The highest BCUT2D eigenvalue weighted by Crippen LogP contribution is 2.71. The van der Waals surface area contributed by atoms with Crippen LogP contribution < -0.4 is 0 Å². The van der Waals surface area contributed by atoms with Crippen LogP contribution in [0.5, 0.6) is 0 Å². The number of fused-ring (bicyclic) bond motifs is 2. The van der Waals surface area contributed by atoms with Gasteiger partial charge in [0, 0.05) is 32.4 Å². The van der Waals surface area contributed by atoms with E-state index in [2.05, 4.69) is 13.8 Å². The molecule has 6 fully saturated rings. The minimum absolute atomic E-state index is 0.00972. The van der Waals surface area contributed by atoms with E-state index in [-0.39, 0.29) is 35.9 Å². The SMILES string of the molecule is C[C@H]1CC(=O)N2C3C(C)(C)[C@@]4(C[C@@H](OCc5ccccc5)N(C)C4=O)C[C@]34CC[C@]12C(=O)N4C. The quantitative estimate of drug-likeness (QED) is 0.688. The van der Waals surface area contributed by atoms with Crippen molar-refractivity contribution in [3.05, 3.63) is 35.9 Å². The Kier molecular flexibility index (Phi) is 4.30. The summed E-state index contributed by atoms with van der Waals surface area (Å²) in [5.41, 5.74) is -1.37. The molecule has 182 valence electrons. The third-order valence-corrected chi connectivity index (χ3v) is 10.5. The predicted molar refractivity (Wildman–Crippen MR) is 125 cm³/mol. The molecule has 0 aromatic heterocycles. The zero-order valence-corrected chi connectivity index (χ0v) is 20.8. The second-order valence-corrected chi connectivity index (χ2v) is 12.0. The lowest BCUT2D eigenvalue weighted by Gasteiger charge is -2.65. The summed E-state index contributed by atoms with van der Waals surface area (Å²) in [7, 11) is 3.74. The van der Waals surface area contributed by atoms with Crippen LogP contribution in [0.15, 0.2) is 30.3 Å². The number of amides is 3. The molecule has 34 heavy (non-hydrogen) atoms. The Hall–Kier alpha value is -2.41. The van der Waals surface area contributed by atoms with Gasteiger partial charge >= 0.3 is 0 Å². The molecular weight excluding hydrogens is 430 g/mol. The molecule has 3 spiro atoms. The Morgan fingerprint density at radius 1 is 1.03 bits per heavy atom. The van der Waals surface area contributed by atoms with Crippen molar-refractivity contribution in [2.45, 2.75) is 82.8 Å². The Bertz CT molecular complexity index is 1090. The smallest absolute Gasteiger partial charge is 0.249 e. The average Bonchev–Trinajstić information content (AvgIpc) is 3.30. The normalized spacial score (nSPS) is 42.2. The number of likely N-dealkylation sites (N-methyl/N-ethyl adjacent to an activating group) is 1. The van der Waals surface area contributed by atoms with Gasteiger partial charge in [0.05, 0.1) is 23.6 Å². The number of carbonyl (C=O) groups excluding carboxylic acids is 3. The van der Waals surface area contributed by atoms with E-state index < -0.39 is 21.9 Å². The van der Waals surface area contributed by atoms with Crippen LogP contribution in [0.2, 0.25) is 0 Å². The van der Waals surface area contributed by atoms with Gasteiger partial charge in [-0.15, -0.1) is 0 Å². The van der Waals surface area contributed by atoms with Gasteiger partial charge in [-0.25, -0.2) is 0 Å². The molecule has 1 aromatic rings. The van der Waals surface area contributed by atoms with Crippen LogP contribution in [0.4, 0.5) is 0 Å². The first kappa shape index (κ1) is 22.1. The lowest BCUT2D eigenvalue weighted by atomic mass is 9.61. The first-order valence-electron chi connectivity index (χ1n) is 12.6. The Morgan fingerprint density at radius 2 is 1.74 bits per heavy atom. The molecule has 6 aliphatic rings. The second-order valence-electron chi connectivity index (χ2n) is 12.0.